The lowest BCUT2D eigenvalue weighted by atomic mass is 9.99. The molecule has 1 aromatic rings. The highest BCUT2D eigenvalue weighted by Gasteiger charge is 2.37. The molecule has 20 heavy (non-hydrogen) atoms. The number of cyclic esters (lactones) is 1. The van der Waals surface area contributed by atoms with Crippen LogP contribution in [0.4, 0.5) is 0 Å². The number of piperidine rings is 1. The van der Waals surface area contributed by atoms with Gasteiger partial charge < -0.3 is 4.74 Å². The Bertz CT molecular complexity index is 499. The van der Waals surface area contributed by atoms with Crippen molar-refractivity contribution in [2.45, 2.75) is 58.2 Å². The summed E-state index contributed by atoms with van der Waals surface area (Å²) in [4.78, 5) is 18.5. The van der Waals surface area contributed by atoms with Gasteiger partial charge in [-0.2, -0.15) is 5.10 Å². The number of rotatable bonds is 3. The van der Waals surface area contributed by atoms with Crippen LogP contribution < -0.4 is 0 Å². The average molecular weight is 278 g/mol. The number of ether oxygens (including phenoxy) is 1. The quantitative estimate of drug-likeness (QED) is 0.774. The van der Waals surface area contributed by atoms with Gasteiger partial charge in [0.1, 0.15) is 17.7 Å². The van der Waals surface area contributed by atoms with E-state index >= 15 is 0 Å². The molecule has 2 aliphatic rings. The van der Waals surface area contributed by atoms with E-state index in [0.29, 0.717) is 12.6 Å². The molecule has 0 N–H and O–H groups in total. The van der Waals surface area contributed by atoms with Crippen LogP contribution in [0.15, 0.2) is 0 Å². The van der Waals surface area contributed by atoms with Gasteiger partial charge in [-0.25, -0.2) is 9.67 Å². The molecule has 0 amide bonds. The van der Waals surface area contributed by atoms with E-state index in [2.05, 4.69) is 15.0 Å². The van der Waals surface area contributed by atoms with Crippen LogP contribution in [0.3, 0.4) is 0 Å². The van der Waals surface area contributed by atoms with E-state index in [4.69, 9.17) is 4.74 Å². The molecule has 6 heteroatoms. The van der Waals surface area contributed by atoms with E-state index in [1.165, 1.54) is 6.42 Å². The maximum Gasteiger partial charge on any atom is 0.323 e. The number of carbonyl (C=O) groups is 1. The highest BCUT2D eigenvalue weighted by atomic mass is 16.5. The summed E-state index contributed by atoms with van der Waals surface area (Å²) in [5.41, 5.74) is 0. The summed E-state index contributed by atoms with van der Waals surface area (Å²) in [6.07, 6.45) is 4.32. The van der Waals surface area contributed by atoms with E-state index < -0.39 is 0 Å². The van der Waals surface area contributed by atoms with Gasteiger partial charge in [-0.15, -0.1) is 0 Å². The minimum Gasteiger partial charge on any atom is -0.464 e. The summed E-state index contributed by atoms with van der Waals surface area (Å²) in [5, 5.41) is 4.45. The summed E-state index contributed by atoms with van der Waals surface area (Å²) in [5.74, 6) is 1.70. The Morgan fingerprint density at radius 1 is 1.30 bits per heavy atom. The lowest BCUT2D eigenvalue weighted by Crippen LogP contribution is -2.50. The largest absolute Gasteiger partial charge is 0.464 e. The molecule has 0 unspecified atom stereocenters. The van der Waals surface area contributed by atoms with Crippen LogP contribution >= 0.6 is 0 Å². The first-order chi connectivity index (χ1) is 9.65. The molecular formula is C14H22N4O2. The molecule has 0 bridgehead atoms. The Morgan fingerprint density at radius 2 is 2.15 bits per heavy atom. The molecule has 0 saturated carbocycles. The molecule has 2 saturated heterocycles. The van der Waals surface area contributed by atoms with Gasteiger partial charge in [0.15, 0.2) is 0 Å². The van der Waals surface area contributed by atoms with Crippen LogP contribution in [0, 0.1) is 13.8 Å². The SMILES string of the molecule is Cc1nc(C)n(C[C@@H]2CCCCN2[C@@H]2CCOC2=O)n1. The molecule has 0 radical (unpaired) electrons. The second kappa shape index (κ2) is 5.52. The number of likely N-dealkylation sites (tertiary alicyclic amines) is 1. The van der Waals surface area contributed by atoms with Gasteiger partial charge in [-0.1, -0.05) is 6.42 Å². The van der Waals surface area contributed by atoms with Crippen LogP contribution in [-0.2, 0) is 16.1 Å². The third kappa shape index (κ3) is 2.57. The fourth-order valence-electron chi connectivity index (χ4n) is 3.35. The first-order valence-electron chi connectivity index (χ1n) is 7.45. The Labute approximate surface area is 119 Å². The second-order valence-electron chi connectivity index (χ2n) is 5.75. The van der Waals surface area contributed by atoms with Crippen LogP contribution in [0.1, 0.15) is 37.3 Å². The zero-order chi connectivity index (χ0) is 14.1. The third-order valence-electron chi connectivity index (χ3n) is 4.33. The van der Waals surface area contributed by atoms with Crippen molar-refractivity contribution in [3.63, 3.8) is 0 Å². The lowest BCUT2D eigenvalue weighted by Gasteiger charge is -2.38. The molecule has 0 aliphatic carbocycles. The maximum atomic E-state index is 11.8. The molecule has 1 aromatic heterocycles. The van der Waals surface area contributed by atoms with Gasteiger partial charge in [0, 0.05) is 12.5 Å². The van der Waals surface area contributed by atoms with E-state index in [1.54, 1.807) is 0 Å². The Kier molecular flexibility index (Phi) is 3.74. The maximum absolute atomic E-state index is 11.8. The second-order valence-corrected chi connectivity index (χ2v) is 5.75. The molecule has 110 valence electrons. The van der Waals surface area contributed by atoms with E-state index in [1.807, 2.05) is 18.5 Å². The zero-order valence-corrected chi connectivity index (χ0v) is 12.2. The number of esters is 1. The monoisotopic (exact) mass is 278 g/mol. The predicted octanol–water partition coefficient (Wildman–Crippen LogP) is 1.06. The number of aryl methyl sites for hydroxylation is 2. The molecule has 0 aromatic carbocycles. The normalized spacial score (nSPS) is 27.8. The van der Waals surface area contributed by atoms with Gasteiger partial charge in [-0.05, 0) is 33.2 Å². The minimum absolute atomic E-state index is 0.0507. The van der Waals surface area contributed by atoms with Crippen molar-refractivity contribution in [2.24, 2.45) is 0 Å². The first-order valence-corrected chi connectivity index (χ1v) is 7.45. The van der Waals surface area contributed by atoms with Crippen molar-refractivity contribution in [1.82, 2.24) is 19.7 Å². The standard InChI is InChI=1S/C14H22N4O2/c1-10-15-11(2)18(16-10)9-12-5-3-4-7-17(12)13-6-8-20-14(13)19/h12-13H,3-9H2,1-2H3/t12-,13+/m0/s1. The predicted molar refractivity (Wildman–Crippen MR) is 73.2 cm³/mol. The van der Waals surface area contributed by atoms with Crippen molar-refractivity contribution < 1.29 is 9.53 Å². The molecule has 3 rings (SSSR count). The van der Waals surface area contributed by atoms with E-state index in [9.17, 15) is 4.79 Å². The van der Waals surface area contributed by atoms with Crippen molar-refractivity contribution in [3.8, 4) is 0 Å². The van der Waals surface area contributed by atoms with Gasteiger partial charge in [0.2, 0.25) is 0 Å². The molecule has 2 atom stereocenters. The Balaban J connectivity index is 1.75. The van der Waals surface area contributed by atoms with E-state index in [-0.39, 0.29) is 12.0 Å². The summed E-state index contributed by atoms with van der Waals surface area (Å²) < 4.78 is 7.10. The van der Waals surface area contributed by atoms with Crippen molar-refractivity contribution in [2.75, 3.05) is 13.2 Å². The van der Waals surface area contributed by atoms with Gasteiger partial charge in [-0.3, -0.25) is 9.69 Å². The summed E-state index contributed by atoms with van der Waals surface area (Å²) in [7, 11) is 0. The van der Waals surface area contributed by atoms with Gasteiger partial charge in [0.05, 0.1) is 13.2 Å². The van der Waals surface area contributed by atoms with Gasteiger partial charge >= 0.3 is 5.97 Å². The van der Waals surface area contributed by atoms with Crippen LogP contribution in [0.25, 0.3) is 0 Å². The molecule has 2 fully saturated rings. The first kappa shape index (κ1) is 13.5. The fraction of sp³-hybridized carbons (Fsp3) is 0.786. The summed E-state index contributed by atoms with van der Waals surface area (Å²) in [6, 6.07) is 0.310. The van der Waals surface area contributed by atoms with Crippen molar-refractivity contribution in [3.05, 3.63) is 11.6 Å². The van der Waals surface area contributed by atoms with Crippen molar-refractivity contribution in [1.29, 1.82) is 0 Å². The number of aromatic nitrogens is 3. The molecule has 0 spiro atoms. The molecule has 3 heterocycles. The Morgan fingerprint density at radius 3 is 2.80 bits per heavy atom. The highest BCUT2D eigenvalue weighted by Crippen LogP contribution is 2.25. The number of carbonyl (C=O) groups excluding carboxylic acids is 1. The van der Waals surface area contributed by atoms with Crippen LogP contribution in [0.5, 0.6) is 0 Å². The molecular weight excluding hydrogens is 256 g/mol. The third-order valence-corrected chi connectivity index (χ3v) is 4.33. The molecule has 6 nitrogen and oxygen atoms in total. The number of nitrogens with zero attached hydrogens (tertiary/aromatic N) is 4. The summed E-state index contributed by atoms with van der Waals surface area (Å²) in [6.45, 7) is 6.26. The zero-order valence-electron chi connectivity index (χ0n) is 12.2. The number of hydrogen-bond acceptors (Lipinski definition) is 5. The fourth-order valence-corrected chi connectivity index (χ4v) is 3.35. The summed E-state index contributed by atoms with van der Waals surface area (Å²) >= 11 is 0. The lowest BCUT2D eigenvalue weighted by molar-refractivity contribution is -0.143. The van der Waals surface area contributed by atoms with Gasteiger partial charge in [0.25, 0.3) is 0 Å². The molecule has 2 aliphatic heterocycles. The van der Waals surface area contributed by atoms with Crippen molar-refractivity contribution >= 4 is 5.97 Å². The van der Waals surface area contributed by atoms with Crippen LogP contribution in [-0.4, -0.2) is 50.9 Å². The average Bonchev–Trinajstić information content (AvgIpc) is 2.97. The minimum atomic E-state index is -0.0524. The van der Waals surface area contributed by atoms with Crippen LogP contribution in [0.2, 0.25) is 0 Å². The topological polar surface area (TPSA) is 60.2 Å². The smallest absolute Gasteiger partial charge is 0.323 e. The highest BCUT2D eigenvalue weighted by molar-refractivity contribution is 5.77. The van der Waals surface area contributed by atoms with E-state index in [0.717, 1.165) is 44.0 Å². The Hall–Kier alpha value is -1.43. The number of hydrogen-bond donors (Lipinski definition) is 0.